The van der Waals surface area contributed by atoms with Gasteiger partial charge in [-0.2, -0.15) is 5.10 Å². The topological polar surface area (TPSA) is 72.0 Å². The Labute approximate surface area is 190 Å². The molecule has 0 aliphatic carbocycles. The van der Waals surface area contributed by atoms with Crippen molar-refractivity contribution in [3.63, 3.8) is 0 Å². The molecule has 3 aromatic carbocycles. The van der Waals surface area contributed by atoms with Crippen molar-refractivity contribution in [2.24, 2.45) is 5.10 Å². The van der Waals surface area contributed by atoms with Crippen molar-refractivity contribution in [3.05, 3.63) is 88.4 Å². The van der Waals surface area contributed by atoms with E-state index in [2.05, 4.69) is 31.8 Å². The number of anilines is 1. The molecule has 0 radical (unpaired) electrons. The van der Waals surface area contributed by atoms with E-state index in [0.29, 0.717) is 12.4 Å². The van der Waals surface area contributed by atoms with E-state index in [1.807, 2.05) is 72.8 Å². The fraction of sp³-hybridized carbons (Fsp3) is 0.167. The highest BCUT2D eigenvalue weighted by Crippen LogP contribution is 2.19. The van der Waals surface area contributed by atoms with Crippen LogP contribution in [-0.4, -0.2) is 25.3 Å². The molecule has 3 rings (SSSR count). The van der Waals surface area contributed by atoms with Gasteiger partial charge in [0, 0.05) is 15.7 Å². The third kappa shape index (κ3) is 6.86. The van der Waals surface area contributed by atoms with E-state index in [0.717, 1.165) is 27.0 Å². The number of ether oxygens (including phenoxy) is 2. The molecule has 6 nitrogen and oxygen atoms in total. The number of halogens is 1. The van der Waals surface area contributed by atoms with E-state index in [9.17, 15) is 4.79 Å². The van der Waals surface area contributed by atoms with E-state index < -0.39 is 6.04 Å². The van der Waals surface area contributed by atoms with Gasteiger partial charge in [0.25, 0.3) is 5.91 Å². The molecule has 1 amide bonds. The van der Waals surface area contributed by atoms with E-state index in [4.69, 9.17) is 9.47 Å². The van der Waals surface area contributed by atoms with Crippen LogP contribution in [0.2, 0.25) is 0 Å². The summed E-state index contributed by atoms with van der Waals surface area (Å²) in [6.07, 6.45) is 1.58. The molecular weight excluding hydrogens is 458 g/mol. The van der Waals surface area contributed by atoms with Crippen LogP contribution in [0.25, 0.3) is 0 Å². The third-order valence-electron chi connectivity index (χ3n) is 4.47. The van der Waals surface area contributed by atoms with Crippen LogP contribution < -0.4 is 20.2 Å². The van der Waals surface area contributed by atoms with Gasteiger partial charge in [-0.25, -0.2) is 5.43 Å². The highest BCUT2D eigenvalue weighted by atomic mass is 79.9. The number of nitrogens with one attached hydrogen (secondary N) is 2. The molecular formula is C24H24BrN3O3. The van der Waals surface area contributed by atoms with Crippen LogP contribution in [0.15, 0.2) is 82.4 Å². The van der Waals surface area contributed by atoms with Gasteiger partial charge in [0.2, 0.25) is 0 Å². The average molecular weight is 482 g/mol. The smallest absolute Gasteiger partial charge is 0.262 e. The van der Waals surface area contributed by atoms with Gasteiger partial charge >= 0.3 is 0 Å². The van der Waals surface area contributed by atoms with Gasteiger partial charge in [-0.1, -0.05) is 40.2 Å². The number of para-hydroxylation sites is 1. The number of carbonyl (C=O) groups excluding carboxylic acids is 1. The molecule has 0 heterocycles. The molecule has 0 spiro atoms. The average Bonchev–Trinajstić information content (AvgIpc) is 2.80. The van der Waals surface area contributed by atoms with Crippen LogP contribution in [0, 0.1) is 0 Å². The minimum absolute atomic E-state index is 0.250. The van der Waals surface area contributed by atoms with Gasteiger partial charge < -0.3 is 14.8 Å². The first kappa shape index (κ1) is 22.4. The van der Waals surface area contributed by atoms with Crippen molar-refractivity contribution < 1.29 is 14.3 Å². The summed E-state index contributed by atoms with van der Waals surface area (Å²) in [5.41, 5.74) is 5.21. The number of benzene rings is 3. The van der Waals surface area contributed by atoms with Crippen molar-refractivity contribution in [1.82, 2.24) is 5.43 Å². The minimum Gasteiger partial charge on any atom is -0.497 e. The first-order chi connectivity index (χ1) is 15.0. The lowest BCUT2D eigenvalue weighted by atomic mass is 10.2. The number of amides is 1. The van der Waals surface area contributed by atoms with Crippen LogP contribution in [-0.2, 0) is 11.4 Å². The molecule has 160 valence electrons. The van der Waals surface area contributed by atoms with Gasteiger partial charge in [-0.05, 0) is 61.0 Å². The van der Waals surface area contributed by atoms with Crippen LogP contribution in [0.5, 0.6) is 11.5 Å². The quantitative estimate of drug-likeness (QED) is 0.333. The largest absolute Gasteiger partial charge is 0.497 e. The molecule has 0 fully saturated rings. The Balaban J connectivity index is 1.54. The van der Waals surface area contributed by atoms with Gasteiger partial charge in [-0.3, -0.25) is 4.79 Å². The maximum absolute atomic E-state index is 12.3. The number of rotatable bonds is 9. The van der Waals surface area contributed by atoms with Crippen LogP contribution >= 0.6 is 15.9 Å². The predicted molar refractivity (Wildman–Crippen MR) is 127 cm³/mol. The number of hydrazone groups is 1. The molecule has 3 aromatic rings. The van der Waals surface area contributed by atoms with Gasteiger partial charge in [0.05, 0.1) is 13.3 Å². The Morgan fingerprint density at radius 3 is 2.48 bits per heavy atom. The van der Waals surface area contributed by atoms with Crippen molar-refractivity contribution in [3.8, 4) is 11.5 Å². The second kappa shape index (κ2) is 11.2. The highest BCUT2D eigenvalue weighted by molar-refractivity contribution is 9.10. The van der Waals surface area contributed by atoms with Gasteiger partial charge in [-0.15, -0.1) is 0 Å². The Hall–Kier alpha value is -3.32. The van der Waals surface area contributed by atoms with Crippen LogP contribution in [0.4, 0.5) is 5.69 Å². The Kier molecular flexibility index (Phi) is 8.06. The monoisotopic (exact) mass is 481 g/mol. The second-order valence-electron chi connectivity index (χ2n) is 6.78. The summed E-state index contributed by atoms with van der Waals surface area (Å²) in [4.78, 5) is 12.3. The summed E-state index contributed by atoms with van der Waals surface area (Å²) in [5, 5.41) is 7.21. The van der Waals surface area contributed by atoms with Crippen LogP contribution in [0.3, 0.4) is 0 Å². The maximum Gasteiger partial charge on any atom is 0.262 e. The molecule has 1 unspecified atom stereocenters. The molecule has 1 atom stereocenters. The maximum atomic E-state index is 12.3. The van der Waals surface area contributed by atoms with E-state index in [1.165, 1.54) is 0 Å². The second-order valence-corrected chi connectivity index (χ2v) is 7.70. The van der Waals surface area contributed by atoms with Gasteiger partial charge in [0.15, 0.2) is 0 Å². The molecule has 0 saturated carbocycles. The van der Waals surface area contributed by atoms with Crippen LogP contribution in [0.1, 0.15) is 18.1 Å². The summed E-state index contributed by atoms with van der Waals surface area (Å²) in [6.45, 7) is 2.21. The van der Waals surface area contributed by atoms with E-state index >= 15 is 0 Å². The molecule has 0 aliphatic heterocycles. The molecule has 0 aliphatic rings. The molecule has 0 saturated heterocycles. The third-order valence-corrected chi connectivity index (χ3v) is 5.00. The normalized spacial score (nSPS) is 11.7. The number of hydrogen-bond donors (Lipinski definition) is 2. The minimum atomic E-state index is -0.463. The molecule has 7 heteroatoms. The molecule has 2 N–H and O–H groups in total. The summed E-state index contributed by atoms with van der Waals surface area (Å²) in [6, 6.07) is 22.4. The number of hydrogen-bond acceptors (Lipinski definition) is 5. The van der Waals surface area contributed by atoms with E-state index in [-0.39, 0.29) is 5.91 Å². The van der Waals surface area contributed by atoms with Crippen molar-refractivity contribution in [2.45, 2.75) is 19.6 Å². The number of nitrogens with zero attached hydrogens (tertiary/aromatic N) is 1. The summed E-state index contributed by atoms with van der Waals surface area (Å²) in [7, 11) is 1.61. The Bertz CT molecular complexity index is 1020. The molecule has 0 bridgehead atoms. The Morgan fingerprint density at radius 1 is 1.06 bits per heavy atom. The SMILES string of the molecule is COc1ccc(NC(C)C(=O)NN=Cc2ccccc2OCc2ccc(Br)cc2)cc1. The summed E-state index contributed by atoms with van der Waals surface area (Å²) < 4.78 is 12.1. The molecule has 31 heavy (non-hydrogen) atoms. The zero-order valence-electron chi connectivity index (χ0n) is 17.3. The van der Waals surface area contributed by atoms with Crippen molar-refractivity contribution >= 4 is 33.7 Å². The summed E-state index contributed by atoms with van der Waals surface area (Å²) >= 11 is 3.43. The number of carbonyl (C=O) groups is 1. The van der Waals surface area contributed by atoms with E-state index in [1.54, 1.807) is 20.2 Å². The lowest BCUT2D eigenvalue weighted by Gasteiger charge is -2.14. The zero-order valence-corrected chi connectivity index (χ0v) is 18.9. The first-order valence-corrected chi connectivity index (χ1v) is 10.5. The lowest BCUT2D eigenvalue weighted by Crippen LogP contribution is -2.34. The predicted octanol–water partition coefficient (Wildman–Crippen LogP) is 4.99. The summed E-state index contributed by atoms with van der Waals surface area (Å²) in [5.74, 6) is 1.20. The number of methoxy groups -OCH3 is 1. The standard InChI is InChI=1S/C24H24BrN3O3/c1-17(27-21-11-13-22(30-2)14-12-21)24(29)28-26-15-19-5-3-4-6-23(19)31-16-18-7-9-20(25)10-8-18/h3-15,17,27H,16H2,1-2H3,(H,28,29). The lowest BCUT2D eigenvalue weighted by molar-refractivity contribution is -0.121. The van der Waals surface area contributed by atoms with Gasteiger partial charge in [0.1, 0.15) is 24.1 Å². The zero-order chi connectivity index (χ0) is 22.1. The molecule has 0 aromatic heterocycles. The Morgan fingerprint density at radius 2 is 1.77 bits per heavy atom. The fourth-order valence-corrected chi connectivity index (χ4v) is 2.99. The van der Waals surface area contributed by atoms with Crippen molar-refractivity contribution in [2.75, 3.05) is 12.4 Å². The van der Waals surface area contributed by atoms with Crippen molar-refractivity contribution in [1.29, 1.82) is 0 Å². The fourth-order valence-electron chi connectivity index (χ4n) is 2.73. The first-order valence-electron chi connectivity index (χ1n) is 9.75. The highest BCUT2D eigenvalue weighted by Gasteiger charge is 2.11.